The number of hydrogen-bond donors (Lipinski definition) is 2. The number of aliphatic hydroxyl groups excluding tert-OH is 1. The molecule has 4 nitrogen and oxygen atoms in total. The molecule has 2 N–H and O–H groups in total. The monoisotopic (exact) mass is 191 g/mol. The van der Waals surface area contributed by atoms with Crippen LogP contribution in [0.4, 0.5) is 0 Å². The molecule has 0 radical (unpaired) electrons. The molecule has 0 aliphatic carbocycles. The summed E-state index contributed by atoms with van der Waals surface area (Å²) in [5.41, 5.74) is 3.98. The van der Waals surface area contributed by atoms with Crippen LogP contribution in [0.3, 0.4) is 0 Å². The number of carbonyl (C=O) groups is 1. The van der Waals surface area contributed by atoms with Crippen LogP contribution < -0.4 is 10.1 Å². The molecule has 4 heteroatoms. The molecule has 2 heterocycles. The van der Waals surface area contributed by atoms with Crippen molar-refractivity contribution < 1.29 is 14.6 Å². The highest BCUT2D eigenvalue weighted by Crippen LogP contribution is 2.12. The van der Waals surface area contributed by atoms with Gasteiger partial charge in [0.05, 0.1) is 11.8 Å². The van der Waals surface area contributed by atoms with E-state index in [0.29, 0.717) is 11.3 Å². The first-order valence-corrected chi connectivity index (χ1v) is 4.40. The Morgan fingerprint density at radius 3 is 3.07 bits per heavy atom. The fourth-order valence-electron chi connectivity index (χ4n) is 1.53. The average Bonchev–Trinajstić information content (AvgIpc) is 2.18. The number of hydrogen-bond acceptors (Lipinski definition) is 3. The first-order valence-electron chi connectivity index (χ1n) is 4.40. The van der Waals surface area contributed by atoms with Gasteiger partial charge in [-0.1, -0.05) is 4.68 Å². The highest BCUT2D eigenvalue weighted by Gasteiger charge is 2.33. The second-order valence-electron chi connectivity index (χ2n) is 3.22. The van der Waals surface area contributed by atoms with Gasteiger partial charge in [-0.25, -0.2) is 0 Å². The summed E-state index contributed by atoms with van der Waals surface area (Å²) in [6.07, 6.45) is 2.65. The zero-order valence-electron chi connectivity index (χ0n) is 7.77. The van der Waals surface area contributed by atoms with Gasteiger partial charge in [0, 0.05) is 12.1 Å². The summed E-state index contributed by atoms with van der Waals surface area (Å²) in [6.45, 7) is 1.82. The fourth-order valence-corrected chi connectivity index (χ4v) is 1.53. The minimum absolute atomic E-state index is 0.139. The van der Waals surface area contributed by atoms with Crippen LogP contribution in [0.15, 0.2) is 36.2 Å². The minimum Gasteiger partial charge on any atom is -0.515 e. The van der Waals surface area contributed by atoms with Gasteiger partial charge in [-0.3, -0.25) is 4.79 Å². The van der Waals surface area contributed by atoms with Crippen molar-refractivity contribution >= 4 is 5.78 Å². The molecule has 0 bridgehead atoms. The summed E-state index contributed by atoms with van der Waals surface area (Å²) < 4.78 is 1.67. The molecule has 2 rings (SSSR count). The van der Waals surface area contributed by atoms with Crippen molar-refractivity contribution in [1.82, 2.24) is 0 Å². The Hall–Kier alpha value is -1.84. The van der Waals surface area contributed by atoms with Gasteiger partial charge in [0.25, 0.3) is 11.5 Å². The molecule has 72 valence electrons. The number of nitrogens with one attached hydrogen (secondary N) is 1. The zero-order valence-corrected chi connectivity index (χ0v) is 7.77. The van der Waals surface area contributed by atoms with Crippen molar-refractivity contribution in [3.05, 3.63) is 41.9 Å². The summed E-state index contributed by atoms with van der Waals surface area (Å²) in [7, 11) is 0. The van der Waals surface area contributed by atoms with Crippen molar-refractivity contribution in [2.75, 3.05) is 5.43 Å². The number of fused-ring (bicyclic) bond motifs is 1. The van der Waals surface area contributed by atoms with E-state index >= 15 is 0 Å². The summed E-state index contributed by atoms with van der Waals surface area (Å²) in [4.78, 5) is 11.8. The number of Topliss-reactive ketones (excluding diaryl/α,β-unsaturated/α-hetero) is 1. The van der Waals surface area contributed by atoms with Crippen molar-refractivity contribution in [2.45, 2.75) is 13.0 Å². The maximum absolute atomic E-state index is 11.8. The van der Waals surface area contributed by atoms with Crippen LogP contribution in [0, 0.1) is 0 Å². The van der Waals surface area contributed by atoms with Crippen LogP contribution in [-0.2, 0) is 0 Å². The lowest BCUT2D eigenvalue weighted by Crippen LogP contribution is -2.58. The summed E-state index contributed by atoms with van der Waals surface area (Å²) in [5, 5.41) is 8.93. The Labute approximate surface area is 81.5 Å². The van der Waals surface area contributed by atoms with E-state index in [2.05, 4.69) is 5.43 Å². The molecule has 0 fully saturated rings. The minimum atomic E-state index is -0.174. The van der Waals surface area contributed by atoms with Gasteiger partial charge in [-0.05, 0) is 13.0 Å². The molecule has 0 saturated heterocycles. The zero-order chi connectivity index (χ0) is 10.1. The van der Waals surface area contributed by atoms with Crippen LogP contribution >= 0.6 is 0 Å². The molecule has 1 unspecified atom stereocenters. The van der Waals surface area contributed by atoms with E-state index in [1.165, 1.54) is 0 Å². The lowest BCUT2D eigenvalue weighted by Gasteiger charge is -2.18. The Bertz CT molecular complexity index is 412. The standard InChI is InChI=1S/C10H10N2O2/c1-7-8(6-13)10(14)9-4-2-3-5-12(9)11-7/h2-7H,1H3,(H-,11,13,14)/p+1. The molecular weight excluding hydrogens is 180 g/mol. The van der Waals surface area contributed by atoms with Gasteiger partial charge in [-0.15, -0.1) is 0 Å². The van der Waals surface area contributed by atoms with Crippen LogP contribution in [-0.4, -0.2) is 16.9 Å². The highest BCUT2D eigenvalue weighted by atomic mass is 16.2. The van der Waals surface area contributed by atoms with Crippen molar-refractivity contribution in [3.63, 3.8) is 0 Å². The molecular formula is C10H11N2O2+. The average molecular weight is 191 g/mol. The maximum atomic E-state index is 11.8. The SMILES string of the molecule is CC1N[n+]2ccccc2C(=O)/C1=C\O. The van der Waals surface area contributed by atoms with E-state index in [4.69, 9.17) is 5.11 Å². The van der Waals surface area contributed by atoms with Crippen molar-refractivity contribution in [3.8, 4) is 0 Å². The Morgan fingerprint density at radius 1 is 1.57 bits per heavy atom. The molecule has 1 atom stereocenters. The van der Waals surface area contributed by atoms with E-state index in [0.717, 1.165) is 6.26 Å². The molecule has 1 aliphatic heterocycles. The summed E-state index contributed by atoms with van der Waals surface area (Å²) in [6, 6.07) is 5.16. The molecule has 0 amide bonds. The number of ketones is 1. The molecule has 14 heavy (non-hydrogen) atoms. The van der Waals surface area contributed by atoms with Gasteiger partial charge in [0.2, 0.25) is 0 Å². The van der Waals surface area contributed by atoms with E-state index in [1.54, 1.807) is 23.0 Å². The number of rotatable bonds is 0. The van der Waals surface area contributed by atoms with E-state index in [-0.39, 0.29) is 11.8 Å². The maximum Gasteiger partial charge on any atom is 0.282 e. The predicted molar refractivity (Wildman–Crippen MR) is 50.5 cm³/mol. The van der Waals surface area contributed by atoms with E-state index in [1.807, 2.05) is 13.0 Å². The first-order chi connectivity index (χ1) is 6.74. The molecule has 0 spiro atoms. The molecule has 0 aromatic carbocycles. The van der Waals surface area contributed by atoms with Crippen LogP contribution in [0.2, 0.25) is 0 Å². The third kappa shape index (κ3) is 1.16. The molecule has 1 aromatic rings. The highest BCUT2D eigenvalue weighted by molar-refractivity contribution is 6.07. The molecule has 1 aliphatic rings. The second kappa shape index (κ2) is 3.14. The number of nitrogens with zero attached hydrogens (tertiary/aromatic N) is 1. The smallest absolute Gasteiger partial charge is 0.282 e. The van der Waals surface area contributed by atoms with E-state index < -0.39 is 0 Å². The first kappa shape index (κ1) is 8.74. The fraction of sp³-hybridized carbons (Fsp3) is 0.200. The number of pyridine rings is 1. The summed E-state index contributed by atoms with van der Waals surface area (Å²) >= 11 is 0. The van der Waals surface area contributed by atoms with Crippen molar-refractivity contribution in [2.24, 2.45) is 0 Å². The van der Waals surface area contributed by atoms with Crippen LogP contribution in [0.5, 0.6) is 0 Å². The van der Waals surface area contributed by atoms with Gasteiger partial charge in [0.15, 0.2) is 6.20 Å². The predicted octanol–water partition coefficient (Wildman–Crippen LogP) is 0.544. The third-order valence-corrected chi connectivity index (χ3v) is 2.29. The Morgan fingerprint density at radius 2 is 2.36 bits per heavy atom. The number of aromatic nitrogens is 1. The quantitative estimate of drug-likeness (QED) is 0.357. The van der Waals surface area contributed by atoms with Gasteiger partial charge in [-0.2, -0.15) is 5.43 Å². The van der Waals surface area contributed by atoms with Gasteiger partial charge < -0.3 is 5.11 Å². The second-order valence-corrected chi connectivity index (χ2v) is 3.22. The molecule has 0 saturated carbocycles. The lowest BCUT2D eigenvalue weighted by atomic mass is 10.0. The largest absolute Gasteiger partial charge is 0.515 e. The lowest BCUT2D eigenvalue weighted by molar-refractivity contribution is -0.656. The molecule has 1 aromatic heterocycles. The number of carbonyl (C=O) groups excluding carboxylic acids is 1. The van der Waals surface area contributed by atoms with Crippen LogP contribution in [0.1, 0.15) is 17.4 Å². The van der Waals surface area contributed by atoms with Crippen molar-refractivity contribution in [1.29, 1.82) is 0 Å². The normalized spacial score (nSPS) is 23.1. The summed E-state index contributed by atoms with van der Waals surface area (Å²) in [5.74, 6) is -0.139. The number of aliphatic hydroxyl groups is 1. The van der Waals surface area contributed by atoms with Gasteiger partial charge >= 0.3 is 0 Å². The third-order valence-electron chi connectivity index (χ3n) is 2.29. The van der Waals surface area contributed by atoms with Crippen LogP contribution in [0.25, 0.3) is 0 Å². The van der Waals surface area contributed by atoms with Gasteiger partial charge in [0.1, 0.15) is 6.04 Å². The van der Waals surface area contributed by atoms with E-state index in [9.17, 15) is 4.79 Å². The Kier molecular flexibility index (Phi) is 1.96. The Balaban J connectivity index is 2.54. The topological polar surface area (TPSA) is 53.2 Å².